The van der Waals surface area contributed by atoms with Gasteiger partial charge in [0.15, 0.2) is 0 Å². The molecule has 0 aliphatic carbocycles. The molecule has 0 aliphatic heterocycles. The van der Waals surface area contributed by atoms with Crippen LogP contribution >= 0.6 is 0 Å². The zero-order chi connectivity index (χ0) is 51.3. The minimum Gasteiger partial charge on any atom is -0.394 e. The highest BCUT2D eigenvalue weighted by atomic mass is 16.3. The molecule has 0 fully saturated rings. The van der Waals surface area contributed by atoms with Crippen LogP contribution in [0.5, 0.6) is 0 Å². The van der Waals surface area contributed by atoms with Gasteiger partial charge in [-0.2, -0.15) is 0 Å². The van der Waals surface area contributed by atoms with Gasteiger partial charge in [0.25, 0.3) is 0 Å². The molecule has 0 saturated heterocycles. The first-order chi connectivity index (χ1) is 35.2. The Morgan fingerprint density at radius 2 is 0.634 bits per heavy atom. The summed E-state index contributed by atoms with van der Waals surface area (Å²) in [4.78, 5) is 12.5. The molecule has 0 aliphatic rings. The predicted molar refractivity (Wildman–Crippen MR) is 317 cm³/mol. The van der Waals surface area contributed by atoms with Crippen LogP contribution in [-0.4, -0.2) is 34.9 Å². The van der Waals surface area contributed by atoms with E-state index in [4.69, 9.17) is 0 Å². The Labute approximate surface area is 441 Å². The van der Waals surface area contributed by atoms with Gasteiger partial charge in [-0.1, -0.05) is 289 Å². The first-order valence-corrected chi connectivity index (χ1v) is 30.2. The Bertz CT molecular complexity index is 1390. The molecule has 2 unspecified atom stereocenters. The third kappa shape index (κ3) is 57.6. The normalized spacial score (nSPS) is 13.7. The summed E-state index contributed by atoms with van der Waals surface area (Å²) in [5.74, 6) is -0.0793. The van der Waals surface area contributed by atoms with Crippen LogP contribution in [0.25, 0.3) is 0 Å². The van der Waals surface area contributed by atoms with E-state index in [0.717, 1.165) is 83.5 Å². The number of hydrogen-bond acceptors (Lipinski definition) is 3. The largest absolute Gasteiger partial charge is 0.394 e. The number of allylic oxidation sites excluding steroid dienone is 19. The van der Waals surface area contributed by atoms with E-state index in [2.05, 4.69) is 129 Å². The lowest BCUT2D eigenvalue weighted by molar-refractivity contribution is -0.123. The van der Waals surface area contributed by atoms with E-state index in [9.17, 15) is 15.0 Å². The molecule has 0 rings (SSSR count). The van der Waals surface area contributed by atoms with Crippen LogP contribution < -0.4 is 5.32 Å². The maximum atomic E-state index is 12.5. The van der Waals surface area contributed by atoms with Crippen LogP contribution in [0.15, 0.2) is 122 Å². The van der Waals surface area contributed by atoms with Crippen LogP contribution in [-0.2, 0) is 4.79 Å². The van der Waals surface area contributed by atoms with E-state index in [1.165, 1.54) is 173 Å². The Morgan fingerprint density at radius 1 is 0.352 bits per heavy atom. The maximum absolute atomic E-state index is 12.5. The average Bonchev–Trinajstić information content (AvgIpc) is 3.37. The van der Waals surface area contributed by atoms with Crippen molar-refractivity contribution in [1.29, 1.82) is 0 Å². The van der Waals surface area contributed by atoms with E-state index in [0.29, 0.717) is 6.42 Å². The highest BCUT2D eigenvalue weighted by Crippen LogP contribution is 2.16. The number of amides is 1. The van der Waals surface area contributed by atoms with Gasteiger partial charge >= 0.3 is 0 Å². The van der Waals surface area contributed by atoms with Gasteiger partial charge in [0.1, 0.15) is 0 Å². The molecule has 406 valence electrons. The second-order valence-corrected chi connectivity index (χ2v) is 20.0. The van der Waals surface area contributed by atoms with Crippen LogP contribution in [0.1, 0.15) is 277 Å². The summed E-state index contributed by atoms with van der Waals surface area (Å²) in [6.07, 6.45) is 93.7. The first-order valence-electron chi connectivity index (χ1n) is 30.2. The van der Waals surface area contributed by atoms with E-state index >= 15 is 0 Å². The van der Waals surface area contributed by atoms with Crippen LogP contribution in [0.4, 0.5) is 0 Å². The molecule has 2 atom stereocenters. The third-order valence-electron chi connectivity index (χ3n) is 13.2. The molecule has 0 bridgehead atoms. The molecule has 0 aromatic carbocycles. The van der Waals surface area contributed by atoms with Crippen molar-refractivity contribution >= 4 is 5.91 Å². The SMILES string of the molecule is CC/C=C\C/C=C\C/C=C\C/C=C\C/C=C\C/C=C\C/C=C\CCCCCCCCCCCCCCCCCCCC(=O)NC(CO)C(O)/C=C/CC/C=C/CC/C=C/CCCCCCCCCCCC. The number of nitrogens with one attached hydrogen (secondary N) is 1. The summed E-state index contributed by atoms with van der Waals surface area (Å²) in [5.41, 5.74) is 0. The topological polar surface area (TPSA) is 69.6 Å². The van der Waals surface area contributed by atoms with Gasteiger partial charge < -0.3 is 15.5 Å². The van der Waals surface area contributed by atoms with Crippen LogP contribution in [0.3, 0.4) is 0 Å². The number of rotatable bonds is 54. The first kappa shape index (κ1) is 67.8. The van der Waals surface area contributed by atoms with Gasteiger partial charge in [-0.05, 0) is 103 Å². The lowest BCUT2D eigenvalue weighted by Gasteiger charge is -2.19. The monoisotopic (exact) mass is 982 g/mol. The Balaban J connectivity index is 3.55. The average molecular weight is 983 g/mol. The van der Waals surface area contributed by atoms with Gasteiger partial charge in [0.05, 0.1) is 18.8 Å². The van der Waals surface area contributed by atoms with E-state index in [1.807, 2.05) is 6.08 Å². The van der Waals surface area contributed by atoms with E-state index in [1.54, 1.807) is 6.08 Å². The smallest absolute Gasteiger partial charge is 0.220 e. The zero-order valence-electron chi connectivity index (χ0n) is 46.7. The molecule has 4 nitrogen and oxygen atoms in total. The lowest BCUT2D eigenvalue weighted by atomic mass is 10.0. The minimum atomic E-state index is -0.876. The quantitative estimate of drug-likeness (QED) is 0.0420. The van der Waals surface area contributed by atoms with Crippen molar-refractivity contribution in [1.82, 2.24) is 5.32 Å². The summed E-state index contributed by atoms with van der Waals surface area (Å²) in [6, 6.07) is -0.652. The standard InChI is InChI=1S/C67H115NO3/c1-3-5-7-9-11-13-15-17-19-21-23-25-26-27-28-29-30-31-32-33-34-35-36-37-38-39-40-41-42-43-45-47-49-51-53-55-57-59-61-63-67(71)68-65(64-69)66(70)62-60-58-56-54-52-50-48-46-44-24-22-20-18-16-14-12-10-8-6-4-2/h5,7,11,13,17,19,23,25,27-28,30-31,33-34,44,46,52,54,60,62,65-66,69-70H,3-4,6,8-10,12,14-16,18,20-22,24,26,29,32,35-43,45,47-51,53,55-59,61,63-64H2,1-2H3,(H,68,71)/b7-5-,13-11-,19-17-,25-23-,28-27-,31-30-,34-33-,46-44+,54-52+,62-60+. The van der Waals surface area contributed by atoms with Crippen LogP contribution in [0, 0.1) is 0 Å². The summed E-state index contributed by atoms with van der Waals surface area (Å²) in [6.45, 7) is 4.18. The summed E-state index contributed by atoms with van der Waals surface area (Å²) in [5, 5.41) is 23.1. The molecule has 0 heterocycles. The highest BCUT2D eigenvalue weighted by Gasteiger charge is 2.18. The van der Waals surface area contributed by atoms with E-state index < -0.39 is 12.1 Å². The van der Waals surface area contributed by atoms with Crippen LogP contribution in [0.2, 0.25) is 0 Å². The van der Waals surface area contributed by atoms with Gasteiger partial charge in [0, 0.05) is 6.42 Å². The second kappa shape index (κ2) is 61.1. The zero-order valence-corrected chi connectivity index (χ0v) is 46.7. The third-order valence-corrected chi connectivity index (χ3v) is 13.2. The van der Waals surface area contributed by atoms with Gasteiger partial charge in [-0.15, -0.1) is 0 Å². The fourth-order valence-electron chi connectivity index (χ4n) is 8.60. The lowest BCUT2D eigenvalue weighted by Crippen LogP contribution is -2.45. The van der Waals surface area contributed by atoms with Crippen molar-refractivity contribution in [2.75, 3.05) is 6.61 Å². The summed E-state index contributed by atoms with van der Waals surface area (Å²) < 4.78 is 0. The molecule has 1 amide bonds. The number of unbranched alkanes of at least 4 members (excludes halogenated alkanes) is 29. The molecule has 0 radical (unpaired) electrons. The molecule has 4 heteroatoms. The van der Waals surface area contributed by atoms with Crippen molar-refractivity contribution < 1.29 is 15.0 Å². The fraction of sp³-hybridized carbons (Fsp3) is 0.687. The van der Waals surface area contributed by atoms with E-state index in [-0.39, 0.29) is 12.5 Å². The summed E-state index contributed by atoms with van der Waals surface area (Å²) >= 11 is 0. The number of aliphatic hydroxyl groups excluding tert-OH is 2. The molecule has 0 aromatic rings. The second-order valence-electron chi connectivity index (χ2n) is 20.0. The molecule has 0 spiro atoms. The van der Waals surface area contributed by atoms with Crippen molar-refractivity contribution in [2.24, 2.45) is 0 Å². The summed E-state index contributed by atoms with van der Waals surface area (Å²) in [7, 11) is 0. The maximum Gasteiger partial charge on any atom is 0.220 e. The van der Waals surface area contributed by atoms with Gasteiger partial charge in [-0.25, -0.2) is 0 Å². The van der Waals surface area contributed by atoms with Crippen molar-refractivity contribution in [3.05, 3.63) is 122 Å². The Kier molecular flexibility index (Phi) is 58.3. The highest BCUT2D eigenvalue weighted by molar-refractivity contribution is 5.76. The number of aliphatic hydroxyl groups is 2. The predicted octanol–water partition coefficient (Wildman–Crippen LogP) is 20.4. The molecular weight excluding hydrogens is 867 g/mol. The number of hydrogen-bond donors (Lipinski definition) is 3. The fourth-order valence-corrected chi connectivity index (χ4v) is 8.60. The van der Waals surface area contributed by atoms with Crippen molar-refractivity contribution in [3.63, 3.8) is 0 Å². The Hall–Kier alpha value is -3.21. The molecule has 3 N–H and O–H groups in total. The number of carbonyl (C=O) groups is 1. The molecular formula is C67H115NO3. The minimum absolute atomic E-state index is 0.0793. The van der Waals surface area contributed by atoms with Gasteiger partial charge in [-0.3, -0.25) is 4.79 Å². The molecule has 0 saturated carbocycles. The van der Waals surface area contributed by atoms with Crippen molar-refractivity contribution in [3.8, 4) is 0 Å². The van der Waals surface area contributed by atoms with Crippen molar-refractivity contribution in [2.45, 2.75) is 289 Å². The van der Waals surface area contributed by atoms with Gasteiger partial charge in [0.2, 0.25) is 5.91 Å². The molecule has 71 heavy (non-hydrogen) atoms. The molecule has 0 aromatic heterocycles. The number of carbonyl (C=O) groups excluding carboxylic acids is 1. The Morgan fingerprint density at radius 3 is 0.986 bits per heavy atom.